The van der Waals surface area contributed by atoms with E-state index >= 15 is 0 Å². The molecule has 0 fully saturated rings. The second-order valence-electron chi connectivity index (χ2n) is 33.3. The van der Waals surface area contributed by atoms with E-state index in [9.17, 15) is 10.2 Å². The first-order valence-electron chi connectivity index (χ1n) is 34.8. The van der Waals surface area contributed by atoms with E-state index in [1.54, 1.807) is 18.2 Å². The van der Waals surface area contributed by atoms with Gasteiger partial charge in [-0.1, -0.05) is 226 Å². The van der Waals surface area contributed by atoms with Gasteiger partial charge in [-0.05, 0) is 139 Å². The third-order valence-corrected chi connectivity index (χ3v) is 39.6. The van der Waals surface area contributed by atoms with Crippen LogP contribution in [0.4, 0.5) is 0 Å². The SMILES string of the molecule is C.CC(C)[Si](Oc1ccc(Br)c2c1C(C)(C)CO2)(C(C)C)C(C)C.CC(C)[Si](Oc1cccc2c1C(C)(C)CO2)(C(C)C)C(C)C.CC1(C)COc2cccc(O)c21.Cc1ccc(O)c2c1OCC2(C)C.Cc1ccc(O[Si](C(C)C)(C(C)C)C(C)C)c2c1OCC2(C)C. The number of fused-ring (bicyclic) bond motifs is 5. The van der Waals surface area contributed by atoms with Gasteiger partial charge in [-0.3, -0.25) is 0 Å². The largest absolute Gasteiger partial charge is 0.542 e. The molecule has 5 heterocycles. The van der Waals surface area contributed by atoms with Gasteiger partial charge < -0.3 is 47.2 Å². The molecule has 5 aromatic rings. The Bertz CT molecular complexity index is 3200. The highest BCUT2D eigenvalue weighted by Crippen LogP contribution is 2.55. The quantitative estimate of drug-likeness (QED) is 0.0982. The van der Waals surface area contributed by atoms with Crippen LogP contribution in [-0.2, 0) is 27.1 Å². The highest BCUT2D eigenvalue weighted by atomic mass is 79.9. The Balaban J connectivity index is 0.000000217. The van der Waals surface area contributed by atoms with Crippen molar-refractivity contribution in [2.45, 2.75) is 292 Å². The van der Waals surface area contributed by atoms with Gasteiger partial charge >= 0.3 is 0 Å². The molecule has 94 heavy (non-hydrogen) atoms. The van der Waals surface area contributed by atoms with Crippen LogP contribution >= 0.6 is 15.9 Å². The fourth-order valence-electron chi connectivity index (χ4n) is 16.5. The van der Waals surface area contributed by atoms with Crippen LogP contribution in [0.1, 0.15) is 240 Å². The van der Waals surface area contributed by atoms with Gasteiger partial charge in [0.2, 0.25) is 0 Å². The zero-order valence-electron chi connectivity index (χ0n) is 63.2. The summed E-state index contributed by atoms with van der Waals surface area (Å²) in [6.07, 6.45) is 0. The Hall–Kier alpha value is -4.77. The van der Waals surface area contributed by atoms with Crippen LogP contribution in [0.5, 0.6) is 57.5 Å². The lowest BCUT2D eigenvalue weighted by Gasteiger charge is -2.43. The molecule has 0 unspecified atom stereocenters. The van der Waals surface area contributed by atoms with Crippen molar-refractivity contribution in [1.29, 1.82) is 0 Å². The summed E-state index contributed by atoms with van der Waals surface area (Å²) in [4.78, 5) is 0. The third-order valence-electron chi connectivity index (χ3n) is 21.0. The van der Waals surface area contributed by atoms with Gasteiger partial charge in [0.15, 0.2) is 0 Å². The Kier molecular flexibility index (Phi) is 25.6. The molecule has 0 bridgehead atoms. The summed E-state index contributed by atoms with van der Waals surface area (Å²) in [5.74, 6) is 8.55. The number of benzene rings is 5. The first kappa shape index (κ1) is 79.9. The molecule has 5 aliphatic rings. The predicted octanol–water partition coefficient (Wildman–Crippen LogP) is 23.9. The standard InChI is InChI=1S/C20H34O2Si.C19H31BrO2Si.C19H32O2Si.C11H14O2.C10H12O2.CH4/c1-13(2)23(14(3)4,15(5)6)22-17-11-10-16(7)19-18(17)20(8,9)12-21-19;1-12(2)23(13(3)4,14(5)6)22-16-10-9-15(20)18-17(16)19(7,8)11-21-18;1-13(2)22(14(3)4,15(5)6)21-17-11-9-10-16-18(17)19(7,8)12-20-16;1-7-4-5-8(12)9-10(7)13-6-11(9,2)3;1-10(2)6-12-8-5-3-4-7(11)9(8)10;/h10-11,13-15H,12H2,1-9H3;9-10,12-14H,11H2,1-8H3;9-11,13-15H,12H2,1-8H3;4-5,12H,6H2,1-3H3;3-5,11H,6H2,1-2H3;1H4. The lowest BCUT2D eigenvalue weighted by molar-refractivity contribution is 0.289. The zero-order valence-corrected chi connectivity index (χ0v) is 67.8. The molecule has 0 saturated carbocycles. The van der Waals surface area contributed by atoms with E-state index in [-0.39, 0.29) is 34.5 Å². The van der Waals surface area contributed by atoms with Gasteiger partial charge in [0.1, 0.15) is 57.5 Å². The first-order valence-corrected chi connectivity index (χ1v) is 42.0. The molecule has 0 spiro atoms. The van der Waals surface area contributed by atoms with E-state index in [4.69, 9.17) is 37.0 Å². The Labute approximate surface area is 583 Å². The van der Waals surface area contributed by atoms with E-state index in [0.29, 0.717) is 81.2 Å². The van der Waals surface area contributed by atoms with E-state index in [0.717, 1.165) is 80.4 Å². The predicted molar refractivity (Wildman–Crippen MR) is 407 cm³/mol. The van der Waals surface area contributed by atoms with Crippen molar-refractivity contribution in [2.24, 2.45) is 0 Å². The van der Waals surface area contributed by atoms with Crippen LogP contribution in [0.15, 0.2) is 77.3 Å². The minimum atomic E-state index is -1.96. The minimum Gasteiger partial charge on any atom is -0.542 e. The highest BCUT2D eigenvalue weighted by molar-refractivity contribution is 9.10. The number of aromatic hydroxyl groups is 2. The molecule has 0 saturated heterocycles. The van der Waals surface area contributed by atoms with Crippen molar-refractivity contribution in [2.75, 3.05) is 33.0 Å². The number of phenols is 2. The molecule has 0 radical (unpaired) electrons. The molecule has 526 valence electrons. The summed E-state index contributed by atoms with van der Waals surface area (Å²) >= 11 is 3.63. The number of rotatable bonds is 15. The molecule has 0 aliphatic carbocycles. The van der Waals surface area contributed by atoms with E-state index in [1.165, 1.54) is 22.3 Å². The third kappa shape index (κ3) is 15.7. The number of ether oxygens (including phenoxy) is 5. The number of hydrogen-bond donors (Lipinski definition) is 2. The molecule has 5 aromatic carbocycles. The zero-order chi connectivity index (χ0) is 70.3. The molecule has 0 aromatic heterocycles. The molecule has 5 aliphatic heterocycles. The Morgan fingerprint density at radius 1 is 0.340 bits per heavy atom. The average molecular weight is 1410 g/mol. The molecule has 14 heteroatoms. The molecule has 10 rings (SSSR count). The summed E-state index contributed by atoms with van der Waals surface area (Å²) < 4.78 is 50.8. The van der Waals surface area contributed by atoms with Gasteiger partial charge in [-0.25, -0.2) is 0 Å². The average Bonchev–Trinajstić information content (AvgIpc) is 1.45. The summed E-state index contributed by atoms with van der Waals surface area (Å²) in [5.41, 5.74) is 13.0. The van der Waals surface area contributed by atoms with Crippen molar-refractivity contribution in [3.8, 4) is 57.5 Å². The maximum absolute atomic E-state index is 9.71. The second-order valence-corrected chi connectivity index (χ2v) is 50.3. The molecule has 0 amide bonds. The monoisotopic (exact) mass is 1410 g/mol. The molecular weight excluding hydrogens is 1290 g/mol. The number of aryl methyl sites for hydroxylation is 2. The van der Waals surface area contributed by atoms with Crippen molar-refractivity contribution in [3.63, 3.8) is 0 Å². The lowest BCUT2D eigenvalue weighted by Crippen LogP contribution is -2.51. The smallest absolute Gasteiger partial charge is 0.258 e. The number of phenolic OH excluding ortho intramolecular Hbond substituents is 2. The Morgan fingerprint density at radius 3 is 1.00 bits per heavy atom. The van der Waals surface area contributed by atoms with Gasteiger partial charge in [0, 0.05) is 54.9 Å². The van der Waals surface area contributed by atoms with Crippen molar-refractivity contribution >= 4 is 40.9 Å². The van der Waals surface area contributed by atoms with Crippen LogP contribution in [0.2, 0.25) is 49.9 Å². The number of halogens is 1. The van der Waals surface area contributed by atoms with E-state index in [2.05, 4.69) is 259 Å². The fourth-order valence-corrected chi connectivity index (χ4v) is 32.7. The van der Waals surface area contributed by atoms with E-state index in [1.807, 2.05) is 19.1 Å². The second kappa shape index (κ2) is 30.1. The molecule has 10 nitrogen and oxygen atoms in total. The van der Waals surface area contributed by atoms with Gasteiger partial charge in [0.25, 0.3) is 25.0 Å². The van der Waals surface area contributed by atoms with Crippen LogP contribution in [0.25, 0.3) is 0 Å². The minimum absolute atomic E-state index is 0. The van der Waals surface area contributed by atoms with Crippen molar-refractivity contribution in [3.05, 3.63) is 116 Å². The van der Waals surface area contributed by atoms with Crippen LogP contribution < -0.4 is 37.0 Å². The summed E-state index contributed by atoms with van der Waals surface area (Å²) in [6.45, 7) is 71.4. The van der Waals surface area contributed by atoms with Crippen molar-refractivity contribution < 1.29 is 47.2 Å². The topological polar surface area (TPSA) is 114 Å². The highest BCUT2D eigenvalue weighted by Gasteiger charge is 2.52. The van der Waals surface area contributed by atoms with E-state index < -0.39 is 25.0 Å². The summed E-state index contributed by atoms with van der Waals surface area (Å²) in [6, 6.07) is 23.8. The van der Waals surface area contributed by atoms with Crippen LogP contribution in [-0.4, -0.2) is 68.2 Å². The molecule has 0 atom stereocenters. The normalized spacial score (nSPS) is 17.1. The summed E-state index contributed by atoms with van der Waals surface area (Å²) in [7, 11) is -5.84. The summed E-state index contributed by atoms with van der Waals surface area (Å²) in [5, 5.41) is 19.3. The Morgan fingerprint density at radius 2 is 0.617 bits per heavy atom. The molecular formula is C80H127BrO10Si3. The van der Waals surface area contributed by atoms with Gasteiger partial charge in [-0.15, -0.1) is 0 Å². The van der Waals surface area contributed by atoms with Crippen molar-refractivity contribution in [1.82, 2.24) is 0 Å². The maximum atomic E-state index is 9.71. The van der Waals surface area contributed by atoms with Crippen LogP contribution in [0.3, 0.4) is 0 Å². The van der Waals surface area contributed by atoms with Gasteiger partial charge in [0.05, 0.1) is 37.5 Å². The maximum Gasteiger partial charge on any atom is 0.258 e. The molecule has 2 N–H and O–H groups in total. The lowest BCUT2D eigenvalue weighted by atomic mass is 9.85. The van der Waals surface area contributed by atoms with Gasteiger partial charge in [-0.2, -0.15) is 0 Å². The first-order chi connectivity index (χ1) is 42.8. The van der Waals surface area contributed by atoms with Crippen LogP contribution in [0, 0.1) is 13.8 Å². The number of hydrogen-bond acceptors (Lipinski definition) is 10. The fraction of sp³-hybridized carbons (Fsp3) is 0.625.